The number of halogens is 1. The fourth-order valence-corrected chi connectivity index (χ4v) is 3.43. The summed E-state index contributed by atoms with van der Waals surface area (Å²) < 4.78 is 7.61. The zero-order valence-electron chi connectivity index (χ0n) is 13.6. The number of carbonyl (C=O) groups is 1. The number of hydrogen-bond donors (Lipinski definition) is 1. The lowest BCUT2D eigenvalue weighted by Crippen LogP contribution is -2.32. The largest absolute Gasteiger partial charge is 0.446 e. The van der Waals surface area contributed by atoms with Crippen molar-refractivity contribution in [3.05, 3.63) is 34.5 Å². The second-order valence-corrected chi connectivity index (χ2v) is 6.97. The molecule has 2 N–H and O–H groups in total. The lowest BCUT2D eigenvalue weighted by molar-refractivity contribution is 0.0761. The van der Waals surface area contributed by atoms with Crippen LogP contribution >= 0.6 is 15.9 Å². The molecule has 130 valence electrons. The molecule has 1 aliphatic heterocycles. The van der Waals surface area contributed by atoms with Crippen LogP contribution in [-0.4, -0.2) is 38.5 Å². The number of hydrogen-bond acceptors (Lipinski definition) is 5. The zero-order valence-corrected chi connectivity index (χ0v) is 15.2. The Hall–Kier alpha value is -2.35. The lowest BCUT2D eigenvalue weighted by Gasteiger charge is -2.20. The van der Waals surface area contributed by atoms with Crippen LogP contribution in [0.15, 0.2) is 33.4 Å². The minimum Gasteiger partial charge on any atom is -0.446 e. The minimum absolute atomic E-state index is 0.00129. The average molecular weight is 404 g/mol. The van der Waals surface area contributed by atoms with Gasteiger partial charge in [0.1, 0.15) is 5.82 Å². The first kappa shape index (κ1) is 16.1. The van der Waals surface area contributed by atoms with Crippen molar-refractivity contribution in [2.24, 2.45) is 0 Å². The SMILES string of the molecule is Nc1cc(C(=O)N2CCCCCC2)cc2nc(-c3ccc(Br)o3)nn12. The number of rotatable bonds is 2. The normalized spacial score (nSPS) is 15.5. The summed E-state index contributed by atoms with van der Waals surface area (Å²) in [5.41, 5.74) is 7.18. The van der Waals surface area contributed by atoms with Crippen molar-refractivity contribution >= 4 is 33.3 Å². The monoisotopic (exact) mass is 403 g/mol. The number of fused-ring (bicyclic) bond motifs is 1. The Morgan fingerprint density at radius 1 is 1.16 bits per heavy atom. The Labute approximate surface area is 152 Å². The summed E-state index contributed by atoms with van der Waals surface area (Å²) in [6.45, 7) is 1.59. The molecule has 8 heteroatoms. The number of pyridine rings is 1. The number of furan rings is 1. The Balaban J connectivity index is 1.70. The summed E-state index contributed by atoms with van der Waals surface area (Å²) in [4.78, 5) is 19.2. The molecular weight excluding hydrogens is 386 g/mol. The van der Waals surface area contributed by atoms with Crippen LogP contribution < -0.4 is 5.73 Å². The summed E-state index contributed by atoms with van der Waals surface area (Å²) in [6.07, 6.45) is 4.45. The van der Waals surface area contributed by atoms with E-state index in [2.05, 4.69) is 26.0 Å². The number of aromatic nitrogens is 3. The summed E-state index contributed by atoms with van der Waals surface area (Å²) in [7, 11) is 0. The van der Waals surface area contributed by atoms with Gasteiger partial charge in [-0.3, -0.25) is 4.79 Å². The molecular formula is C17H18BrN5O2. The number of nitrogens with zero attached hydrogens (tertiary/aromatic N) is 4. The predicted molar refractivity (Wildman–Crippen MR) is 97.2 cm³/mol. The topological polar surface area (TPSA) is 89.7 Å². The maximum Gasteiger partial charge on any atom is 0.254 e. The molecule has 0 bridgehead atoms. The molecule has 0 spiro atoms. The smallest absolute Gasteiger partial charge is 0.254 e. The van der Waals surface area contributed by atoms with Crippen molar-refractivity contribution in [2.75, 3.05) is 18.8 Å². The number of nitrogens with two attached hydrogens (primary N) is 1. The highest BCUT2D eigenvalue weighted by Gasteiger charge is 2.20. The molecule has 4 rings (SSSR count). The van der Waals surface area contributed by atoms with Gasteiger partial charge in [0.25, 0.3) is 5.91 Å². The van der Waals surface area contributed by atoms with Crippen LogP contribution in [0.1, 0.15) is 36.0 Å². The molecule has 25 heavy (non-hydrogen) atoms. The summed E-state index contributed by atoms with van der Waals surface area (Å²) in [5, 5.41) is 4.36. The fourth-order valence-electron chi connectivity index (χ4n) is 3.13. The number of likely N-dealkylation sites (tertiary alicyclic amines) is 1. The Bertz CT molecular complexity index is 924. The van der Waals surface area contributed by atoms with Gasteiger partial charge in [0.2, 0.25) is 5.82 Å². The highest BCUT2D eigenvalue weighted by Crippen LogP contribution is 2.24. The van der Waals surface area contributed by atoms with Crippen LogP contribution in [-0.2, 0) is 0 Å². The van der Waals surface area contributed by atoms with E-state index in [0.29, 0.717) is 33.3 Å². The van der Waals surface area contributed by atoms with Crippen molar-refractivity contribution in [2.45, 2.75) is 25.7 Å². The summed E-state index contributed by atoms with van der Waals surface area (Å²) in [5.74, 6) is 1.34. The standard InChI is InChI=1S/C17H18BrN5O2/c18-13-6-5-12(25-13)16-20-15-10-11(9-14(19)23(15)21-16)17(24)22-7-3-1-2-4-8-22/h5-6,9-10H,1-4,7-8,19H2. The highest BCUT2D eigenvalue weighted by molar-refractivity contribution is 9.10. The molecule has 0 atom stereocenters. The van der Waals surface area contributed by atoms with Crippen LogP contribution in [0, 0.1) is 0 Å². The molecule has 4 heterocycles. The first-order chi connectivity index (χ1) is 12.1. The maximum atomic E-state index is 12.8. The van der Waals surface area contributed by atoms with Crippen molar-refractivity contribution < 1.29 is 9.21 Å². The van der Waals surface area contributed by atoms with Crippen LogP contribution in [0.3, 0.4) is 0 Å². The minimum atomic E-state index is 0.00129. The van der Waals surface area contributed by atoms with Crippen LogP contribution in [0.4, 0.5) is 5.82 Å². The van der Waals surface area contributed by atoms with E-state index in [9.17, 15) is 4.79 Å². The predicted octanol–water partition coefficient (Wildman–Crippen LogP) is 3.35. The second kappa shape index (κ2) is 6.51. The third-order valence-corrected chi connectivity index (χ3v) is 4.82. The highest BCUT2D eigenvalue weighted by atomic mass is 79.9. The van der Waals surface area contributed by atoms with Gasteiger partial charge >= 0.3 is 0 Å². The lowest BCUT2D eigenvalue weighted by atomic mass is 10.2. The molecule has 0 aliphatic carbocycles. The summed E-state index contributed by atoms with van der Waals surface area (Å²) in [6, 6.07) is 6.95. The van der Waals surface area contributed by atoms with Gasteiger partial charge in [-0.15, -0.1) is 5.10 Å². The van der Waals surface area contributed by atoms with Crippen molar-refractivity contribution in [3.63, 3.8) is 0 Å². The molecule has 1 saturated heterocycles. The Morgan fingerprint density at radius 3 is 2.60 bits per heavy atom. The van der Waals surface area contributed by atoms with Crippen LogP contribution in [0.5, 0.6) is 0 Å². The fraction of sp³-hybridized carbons (Fsp3) is 0.353. The molecule has 3 aromatic heterocycles. The van der Waals surface area contributed by atoms with Gasteiger partial charge in [-0.2, -0.15) is 4.52 Å². The maximum absolute atomic E-state index is 12.8. The number of nitrogen functional groups attached to an aromatic ring is 1. The van der Waals surface area contributed by atoms with Crippen LogP contribution in [0.25, 0.3) is 17.2 Å². The quantitative estimate of drug-likeness (QED) is 0.708. The van der Waals surface area contributed by atoms with E-state index in [0.717, 1.165) is 25.9 Å². The van der Waals surface area contributed by atoms with Gasteiger partial charge in [0.15, 0.2) is 16.1 Å². The van der Waals surface area contributed by atoms with Crippen molar-refractivity contribution in [1.29, 1.82) is 0 Å². The van der Waals surface area contributed by atoms with E-state index in [1.54, 1.807) is 24.3 Å². The molecule has 7 nitrogen and oxygen atoms in total. The van der Waals surface area contributed by atoms with Gasteiger partial charge < -0.3 is 15.1 Å². The Morgan fingerprint density at radius 2 is 1.92 bits per heavy atom. The van der Waals surface area contributed by atoms with Gasteiger partial charge in [0.05, 0.1) is 0 Å². The molecule has 1 aliphatic rings. The number of carbonyl (C=O) groups excluding carboxylic acids is 1. The zero-order chi connectivity index (χ0) is 17.4. The van der Waals surface area contributed by atoms with Gasteiger partial charge in [-0.05, 0) is 53.0 Å². The van der Waals surface area contributed by atoms with Crippen molar-refractivity contribution in [1.82, 2.24) is 19.5 Å². The number of anilines is 1. The molecule has 1 amide bonds. The second-order valence-electron chi connectivity index (χ2n) is 6.18. The molecule has 0 radical (unpaired) electrons. The summed E-state index contributed by atoms with van der Waals surface area (Å²) >= 11 is 3.26. The van der Waals surface area contributed by atoms with Gasteiger partial charge in [-0.1, -0.05) is 12.8 Å². The molecule has 0 aromatic carbocycles. The van der Waals surface area contributed by atoms with E-state index in [-0.39, 0.29) is 5.91 Å². The molecule has 0 unspecified atom stereocenters. The molecule has 1 fully saturated rings. The number of amides is 1. The molecule has 0 saturated carbocycles. The first-order valence-electron chi connectivity index (χ1n) is 8.33. The van der Waals surface area contributed by atoms with E-state index >= 15 is 0 Å². The van der Waals surface area contributed by atoms with E-state index in [4.69, 9.17) is 10.2 Å². The molecule has 3 aromatic rings. The van der Waals surface area contributed by atoms with E-state index in [1.807, 2.05) is 4.90 Å². The van der Waals surface area contributed by atoms with Crippen molar-refractivity contribution in [3.8, 4) is 11.6 Å². The first-order valence-corrected chi connectivity index (χ1v) is 9.12. The third-order valence-electron chi connectivity index (χ3n) is 4.40. The van der Waals surface area contributed by atoms with E-state index < -0.39 is 0 Å². The van der Waals surface area contributed by atoms with Gasteiger partial charge in [-0.25, -0.2) is 4.98 Å². The Kier molecular flexibility index (Phi) is 4.20. The third kappa shape index (κ3) is 3.13. The van der Waals surface area contributed by atoms with Crippen LogP contribution in [0.2, 0.25) is 0 Å². The average Bonchev–Trinajstić information content (AvgIpc) is 3.12. The van der Waals surface area contributed by atoms with E-state index in [1.165, 1.54) is 17.4 Å². The van der Waals surface area contributed by atoms with Gasteiger partial charge in [0, 0.05) is 18.7 Å².